The van der Waals surface area contributed by atoms with Crippen molar-refractivity contribution in [3.8, 4) is 0 Å². The van der Waals surface area contributed by atoms with Gasteiger partial charge >= 0.3 is 0 Å². The molecule has 19 heavy (non-hydrogen) atoms. The number of hydrogen-bond donors (Lipinski definition) is 1. The smallest absolute Gasteiger partial charge is 0.246 e. The molecule has 1 aromatic carbocycles. The van der Waals surface area contributed by atoms with Crippen molar-refractivity contribution in [3.05, 3.63) is 30.1 Å². The van der Waals surface area contributed by atoms with E-state index in [0.29, 0.717) is 19.0 Å². The van der Waals surface area contributed by atoms with Crippen LogP contribution in [0.1, 0.15) is 12.8 Å². The Labute approximate surface area is 112 Å². The summed E-state index contributed by atoms with van der Waals surface area (Å²) in [6.07, 6.45) is 2.12. The van der Waals surface area contributed by atoms with Crippen LogP contribution in [0.15, 0.2) is 29.2 Å². The van der Waals surface area contributed by atoms with Crippen molar-refractivity contribution in [1.29, 1.82) is 0 Å². The van der Waals surface area contributed by atoms with Gasteiger partial charge in [-0.15, -0.1) is 0 Å². The molecule has 1 N–H and O–H groups in total. The number of sulfonamides is 1. The van der Waals surface area contributed by atoms with E-state index in [4.69, 9.17) is 0 Å². The van der Waals surface area contributed by atoms with Gasteiger partial charge in [0, 0.05) is 19.1 Å². The van der Waals surface area contributed by atoms with Crippen LogP contribution in [0.4, 0.5) is 4.39 Å². The topological polar surface area (TPSA) is 49.4 Å². The van der Waals surface area contributed by atoms with Crippen molar-refractivity contribution in [1.82, 2.24) is 9.62 Å². The minimum absolute atomic E-state index is 0.214. The highest BCUT2D eigenvalue weighted by molar-refractivity contribution is 7.89. The summed E-state index contributed by atoms with van der Waals surface area (Å²) < 4.78 is 40.0. The minimum Gasteiger partial charge on any atom is -0.312 e. The maximum atomic E-state index is 13.7. The quantitative estimate of drug-likeness (QED) is 0.888. The van der Waals surface area contributed by atoms with Gasteiger partial charge in [0.15, 0.2) is 0 Å². The van der Waals surface area contributed by atoms with Crippen LogP contribution in [-0.2, 0) is 10.0 Å². The van der Waals surface area contributed by atoms with Gasteiger partial charge in [-0.2, -0.15) is 4.31 Å². The molecule has 0 amide bonds. The molecule has 0 aromatic heterocycles. The van der Waals surface area contributed by atoms with Crippen LogP contribution < -0.4 is 5.32 Å². The van der Waals surface area contributed by atoms with Gasteiger partial charge in [0.2, 0.25) is 10.0 Å². The van der Waals surface area contributed by atoms with Gasteiger partial charge in [0.25, 0.3) is 0 Å². The molecule has 0 saturated carbocycles. The van der Waals surface area contributed by atoms with Crippen molar-refractivity contribution >= 4 is 10.0 Å². The monoisotopic (exact) mass is 284 g/mol. The maximum absolute atomic E-state index is 13.7. The normalized spacial score (nSPS) is 28.3. The van der Waals surface area contributed by atoms with Gasteiger partial charge in [-0.1, -0.05) is 12.1 Å². The Kier molecular flexibility index (Phi) is 3.32. The van der Waals surface area contributed by atoms with E-state index in [-0.39, 0.29) is 10.9 Å². The van der Waals surface area contributed by atoms with E-state index < -0.39 is 15.8 Å². The number of piperidine rings is 1. The fourth-order valence-electron chi connectivity index (χ4n) is 3.00. The van der Waals surface area contributed by atoms with Crippen LogP contribution in [-0.4, -0.2) is 38.4 Å². The predicted octanol–water partition coefficient (Wildman–Crippen LogP) is 1.20. The van der Waals surface area contributed by atoms with Crippen LogP contribution in [0.3, 0.4) is 0 Å². The third-order valence-electron chi connectivity index (χ3n) is 4.02. The van der Waals surface area contributed by atoms with Gasteiger partial charge in [0.05, 0.1) is 0 Å². The second-order valence-corrected chi connectivity index (χ2v) is 7.12. The van der Waals surface area contributed by atoms with Crippen molar-refractivity contribution < 1.29 is 12.8 Å². The summed E-state index contributed by atoms with van der Waals surface area (Å²) >= 11 is 0. The highest BCUT2D eigenvalue weighted by Gasteiger charge is 2.40. The van der Waals surface area contributed by atoms with Crippen LogP contribution in [0, 0.1) is 11.7 Å². The first kappa shape index (κ1) is 13.0. The predicted molar refractivity (Wildman–Crippen MR) is 69.7 cm³/mol. The molecule has 2 fully saturated rings. The standard InChI is InChI=1S/C13H17FN2O2S/c14-11-5-1-2-6-13(11)19(17,18)16-8-10-4-3-7-15-12(10)9-16/h1-2,5-6,10,12,15H,3-4,7-9H2. The Morgan fingerprint density at radius 1 is 1.26 bits per heavy atom. The number of rotatable bonds is 2. The molecular weight excluding hydrogens is 267 g/mol. The average Bonchev–Trinajstić information content (AvgIpc) is 2.83. The largest absolute Gasteiger partial charge is 0.312 e. The highest BCUT2D eigenvalue weighted by Crippen LogP contribution is 2.30. The van der Waals surface area contributed by atoms with E-state index in [9.17, 15) is 12.8 Å². The first-order chi connectivity index (χ1) is 9.09. The van der Waals surface area contributed by atoms with Crippen molar-refractivity contribution in [2.45, 2.75) is 23.8 Å². The molecule has 0 spiro atoms. The zero-order chi connectivity index (χ0) is 13.5. The summed E-state index contributed by atoms with van der Waals surface area (Å²) in [5, 5.41) is 3.35. The van der Waals surface area contributed by atoms with Gasteiger partial charge in [0.1, 0.15) is 10.7 Å². The van der Waals surface area contributed by atoms with Crippen LogP contribution in [0.2, 0.25) is 0 Å². The van der Waals surface area contributed by atoms with Crippen LogP contribution in [0.25, 0.3) is 0 Å². The van der Waals surface area contributed by atoms with Crippen molar-refractivity contribution in [2.75, 3.05) is 19.6 Å². The molecule has 0 bridgehead atoms. The number of hydrogen-bond acceptors (Lipinski definition) is 3. The molecule has 0 radical (unpaired) electrons. The summed E-state index contributed by atoms with van der Waals surface area (Å²) in [4.78, 5) is -0.214. The zero-order valence-electron chi connectivity index (χ0n) is 10.5. The molecule has 3 rings (SSSR count). The summed E-state index contributed by atoms with van der Waals surface area (Å²) in [6, 6.07) is 5.79. The fourth-order valence-corrected chi connectivity index (χ4v) is 4.58. The summed E-state index contributed by atoms with van der Waals surface area (Å²) in [5.74, 6) is -0.319. The lowest BCUT2D eigenvalue weighted by molar-refractivity contribution is 0.339. The number of halogens is 1. The molecule has 2 aliphatic rings. The van der Waals surface area contributed by atoms with E-state index in [0.717, 1.165) is 19.4 Å². The van der Waals surface area contributed by atoms with Gasteiger partial charge in [-0.25, -0.2) is 12.8 Å². The van der Waals surface area contributed by atoms with Gasteiger partial charge in [-0.3, -0.25) is 0 Å². The lowest BCUT2D eigenvalue weighted by Gasteiger charge is -2.24. The second-order valence-electron chi connectivity index (χ2n) is 5.22. The number of benzene rings is 1. The van der Waals surface area contributed by atoms with E-state index in [1.54, 1.807) is 6.07 Å². The third kappa shape index (κ3) is 2.28. The van der Waals surface area contributed by atoms with E-state index in [1.807, 2.05) is 0 Å². The molecular formula is C13H17FN2O2S. The first-order valence-electron chi connectivity index (χ1n) is 6.57. The Morgan fingerprint density at radius 3 is 2.79 bits per heavy atom. The third-order valence-corrected chi connectivity index (χ3v) is 5.89. The van der Waals surface area contributed by atoms with Crippen LogP contribution in [0.5, 0.6) is 0 Å². The highest BCUT2D eigenvalue weighted by atomic mass is 32.2. The zero-order valence-corrected chi connectivity index (χ0v) is 11.4. The number of nitrogens with one attached hydrogen (secondary N) is 1. The molecule has 2 atom stereocenters. The molecule has 2 unspecified atom stereocenters. The Morgan fingerprint density at radius 2 is 2.05 bits per heavy atom. The van der Waals surface area contributed by atoms with Crippen molar-refractivity contribution in [2.24, 2.45) is 5.92 Å². The fraction of sp³-hybridized carbons (Fsp3) is 0.538. The molecule has 104 valence electrons. The Balaban J connectivity index is 1.88. The Hall–Kier alpha value is -0.980. The number of fused-ring (bicyclic) bond motifs is 1. The van der Waals surface area contributed by atoms with Crippen molar-refractivity contribution in [3.63, 3.8) is 0 Å². The van der Waals surface area contributed by atoms with Gasteiger partial charge < -0.3 is 5.32 Å². The lowest BCUT2D eigenvalue weighted by Crippen LogP contribution is -2.41. The second kappa shape index (κ2) is 4.85. The molecule has 4 nitrogen and oxygen atoms in total. The molecule has 2 aliphatic heterocycles. The number of nitrogens with zero attached hydrogens (tertiary/aromatic N) is 1. The molecule has 2 heterocycles. The molecule has 1 aromatic rings. The van der Waals surface area contributed by atoms with E-state index >= 15 is 0 Å². The van der Waals surface area contributed by atoms with Crippen LogP contribution >= 0.6 is 0 Å². The molecule has 2 saturated heterocycles. The molecule has 0 aliphatic carbocycles. The Bertz CT molecular complexity index is 562. The summed E-state index contributed by atoms with van der Waals surface area (Å²) in [6.45, 7) is 1.88. The summed E-state index contributed by atoms with van der Waals surface area (Å²) in [5.41, 5.74) is 0. The maximum Gasteiger partial charge on any atom is 0.246 e. The first-order valence-corrected chi connectivity index (χ1v) is 8.01. The minimum atomic E-state index is -3.71. The van der Waals surface area contributed by atoms with E-state index in [2.05, 4.69) is 5.32 Å². The van der Waals surface area contributed by atoms with E-state index in [1.165, 1.54) is 22.5 Å². The molecule has 6 heteroatoms. The lowest BCUT2D eigenvalue weighted by atomic mass is 9.94. The van der Waals surface area contributed by atoms with Gasteiger partial charge in [-0.05, 0) is 37.4 Å². The average molecular weight is 284 g/mol. The summed E-state index contributed by atoms with van der Waals surface area (Å²) in [7, 11) is -3.71. The SMILES string of the molecule is O=S(=O)(c1ccccc1F)N1CC2CCCNC2C1.